The second-order valence-corrected chi connectivity index (χ2v) is 4.44. The van der Waals surface area contributed by atoms with Gasteiger partial charge >= 0.3 is 5.97 Å². The molecule has 0 aliphatic heterocycles. The van der Waals surface area contributed by atoms with Crippen molar-refractivity contribution in [1.82, 2.24) is 14.5 Å². The topological polar surface area (TPSA) is 100 Å². The van der Waals surface area contributed by atoms with Gasteiger partial charge in [0.15, 0.2) is 5.56 Å². The Kier molecular flexibility index (Phi) is 3.91. The molecular weight excluding hydrogens is 307 g/mol. The molecule has 9 heteroatoms. The van der Waals surface area contributed by atoms with Crippen molar-refractivity contribution >= 4 is 35.0 Å². The van der Waals surface area contributed by atoms with Gasteiger partial charge < -0.3 is 10.5 Å². The van der Waals surface area contributed by atoms with Gasteiger partial charge in [-0.2, -0.15) is 0 Å². The van der Waals surface area contributed by atoms with Crippen LogP contribution in [0.1, 0.15) is 10.4 Å². The van der Waals surface area contributed by atoms with Crippen LogP contribution in [0.15, 0.2) is 23.5 Å². The van der Waals surface area contributed by atoms with Gasteiger partial charge in [-0.05, 0) is 0 Å². The Morgan fingerprint density at radius 2 is 1.95 bits per heavy atom. The highest BCUT2D eigenvalue weighted by Crippen LogP contribution is 2.26. The average Bonchev–Trinajstić information content (AvgIpc) is 2.40. The number of aromatic nitrogens is 3. The molecule has 2 aromatic rings. The third-order valence-corrected chi connectivity index (χ3v) is 3.01. The molecule has 0 saturated carbocycles. The normalized spacial score (nSPS) is 10.3. The molecule has 0 atom stereocenters. The maximum atomic E-state index is 12.3. The molecule has 0 aliphatic rings. The lowest BCUT2D eigenvalue weighted by molar-refractivity contribution is 0.0599. The molecule has 0 fully saturated rings. The third kappa shape index (κ3) is 2.33. The average molecular weight is 315 g/mol. The molecule has 2 N–H and O–H groups in total. The van der Waals surface area contributed by atoms with Crippen molar-refractivity contribution < 1.29 is 9.53 Å². The molecule has 104 valence electrons. The summed E-state index contributed by atoms with van der Waals surface area (Å²) in [4.78, 5) is 31.4. The molecule has 0 aromatic carbocycles. The molecule has 0 amide bonds. The van der Waals surface area contributed by atoms with Crippen molar-refractivity contribution in [2.75, 3.05) is 12.8 Å². The molecule has 0 unspecified atom stereocenters. The number of halogens is 2. The van der Waals surface area contributed by atoms with Gasteiger partial charge in [0.1, 0.15) is 12.1 Å². The zero-order valence-electron chi connectivity index (χ0n) is 10.1. The Balaban J connectivity index is 2.78. The number of rotatable bonds is 2. The van der Waals surface area contributed by atoms with E-state index < -0.39 is 11.5 Å². The Labute approximate surface area is 122 Å². The van der Waals surface area contributed by atoms with Gasteiger partial charge in [-0.25, -0.2) is 9.78 Å². The van der Waals surface area contributed by atoms with Crippen LogP contribution >= 0.6 is 23.2 Å². The number of esters is 1. The first-order valence-electron chi connectivity index (χ1n) is 5.22. The number of hydrogen-bond donors (Lipinski definition) is 1. The van der Waals surface area contributed by atoms with Gasteiger partial charge in [-0.1, -0.05) is 23.2 Å². The van der Waals surface area contributed by atoms with Crippen LogP contribution in [-0.2, 0) is 4.74 Å². The number of nitrogens with zero attached hydrogens (tertiary/aromatic N) is 3. The Hall–Kier alpha value is -2.12. The minimum atomic E-state index is -0.893. The Morgan fingerprint density at radius 1 is 1.35 bits per heavy atom. The maximum Gasteiger partial charge on any atom is 0.347 e. The third-order valence-electron chi connectivity index (χ3n) is 2.46. The van der Waals surface area contributed by atoms with Crippen LogP contribution in [-0.4, -0.2) is 27.6 Å². The van der Waals surface area contributed by atoms with Crippen LogP contribution in [0.3, 0.4) is 0 Å². The first-order chi connectivity index (χ1) is 9.47. The number of ether oxygens (including phenoxy) is 1. The molecule has 7 nitrogen and oxygen atoms in total. The SMILES string of the molecule is COC(=O)c1c(N)ncn(-c2c(Cl)cncc2Cl)c1=O. The van der Waals surface area contributed by atoms with Crippen molar-refractivity contribution in [1.29, 1.82) is 0 Å². The Morgan fingerprint density at radius 3 is 2.50 bits per heavy atom. The van der Waals surface area contributed by atoms with E-state index in [1.807, 2.05) is 0 Å². The predicted octanol–water partition coefficient (Wildman–Crippen LogP) is 1.30. The maximum absolute atomic E-state index is 12.3. The molecule has 0 saturated heterocycles. The number of anilines is 1. The van der Waals surface area contributed by atoms with Crippen molar-refractivity contribution in [2.45, 2.75) is 0 Å². The van der Waals surface area contributed by atoms with E-state index in [9.17, 15) is 9.59 Å². The van der Waals surface area contributed by atoms with E-state index in [0.29, 0.717) is 0 Å². The van der Waals surface area contributed by atoms with Crippen LogP contribution in [0.25, 0.3) is 5.69 Å². The highest BCUT2D eigenvalue weighted by Gasteiger charge is 2.20. The summed E-state index contributed by atoms with van der Waals surface area (Å²) in [6, 6.07) is 0. The smallest absolute Gasteiger partial charge is 0.347 e. The second kappa shape index (κ2) is 5.48. The summed E-state index contributed by atoms with van der Waals surface area (Å²) in [5.41, 5.74) is 4.55. The van der Waals surface area contributed by atoms with Crippen molar-refractivity contribution in [3.8, 4) is 5.69 Å². The van der Waals surface area contributed by atoms with Crippen LogP contribution < -0.4 is 11.3 Å². The van der Waals surface area contributed by atoms with Crippen LogP contribution in [0.4, 0.5) is 5.82 Å². The molecule has 2 aromatic heterocycles. The lowest BCUT2D eigenvalue weighted by atomic mass is 10.3. The number of carbonyl (C=O) groups is 1. The monoisotopic (exact) mass is 314 g/mol. The minimum absolute atomic E-state index is 0.127. The number of carbonyl (C=O) groups excluding carboxylic acids is 1. The van der Waals surface area contributed by atoms with Crippen molar-refractivity contribution in [3.63, 3.8) is 0 Å². The van der Waals surface area contributed by atoms with Gasteiger partial charge in [0, 0.05) is 12.4 Å². The van der Waals surface area contributed by atoms with E-state index in [1.54, 1.807) is 0 Å². The lowest BCUT2D eigenvalue weighted by Gasteiger charge is -2.11. The number of nitrogens with two attached hydrogens (primary N) is 1. The van der Waals surface area contributed by atoms with Gasteiger partial charge in [0.25, 0.3) is 5.56 Å². The summed E-state index contributed by atoms with van der Waals surface area (Å²) in [6.45, 7) is 0. The minimum Gasteiger partial charge on any atom is -0.465 e. The van der Waals surface area contributed by atoms with E-state index in [0.717, 1.165) is 18.0 Å². The van der Waals surface area contributed by atoms with E-state index >= 15 is 0 Å². The van der Waals surface area contributed by atoms with Gasteiger partial charge in [0.05, 0.1) is 22.8 Å². The molecule has 20 heavy (non-hydrogen) atoms. The van der Waals surface area contributed by atoms with Crippen LogP contribution in [0.2, 0.25) is 10.0 Å². The summed E-state index contributed by atoms with van der Waals surface area (Å²) >= 11 is 11.9. The summed E-state index contributed by atoms with van der Waals surface area (Å²) in [5, 5.41) is 0.254. The zero-order chi connectivity index (χ0) is 14.9. The molecule has 2 heterocycles. The fraction of sp³-hybridized carbons (Fsp3) is 0.0909. The van der Waals surface area contributed by atoms with Crippen molar-refractivity contribution in [2.24, 2.45) is 0 Å². The molecule has 2 rings (SSSR count). The molecule has 0 bridgehead atoms. The first kappa shape index (κ1) is 14.3. The molecular formula is C11H8Cl2N4O3. The number of nitrogen functional groups attached to an aromatic ring is 1. The molecule has 0 aliphatic carbocycles. The van der Waals surface area contributed by atoms with E-state index in [-0.39, 0.29) is 27.1 Å². The number of hydrogen-bond acceptors (Lipinski definition) is 6. The first-order valence-corrected chi connectivity index (χ1v) is 5.97. The largest absolute Gasteiger partial charge is 0.465 e. The van der Waals surface area contributed by atoms with Crippen LogP contribution in [0, 0.1) is 0 Å². The van der Waals surface area contributed by atoms with E-state index in [1.165, 1.54) is 12.4 Å². The zero-order valence-corrected chi connectivity index (χ0v) is 11.6. The molecule has 0 radical (unpaired) electrons. The summed E-state index contributed by atoms with van der Waals surface area (Å²) in [5.74, 6) is -1.13. The number of methoxy groups -OCH3 is 1. The fourth-order valence-electron chi connectivity index (χ4n) is 1.55. The highest BCUT2D eigenvalue weighted by molar-refractivity contribution is 6.37. The number of pyridine rings is 1. The van der Waals surface area contributed by atoms with Gasteiger partial charge in [-0.15, -0.1) is 0 Å². The summed E-state index contributed by atoms with van der Waals surface area (Å²) in [7, 11) is 1.13. The second-order valence-electron chi connectivity index (χ2n) is 3.62. The lowest BCUT2D eigenvalue weighted by Crippen LogP contribution is -2.28. The summed E-state index contributed by atoms with van der Waals surface area (Å²) in [6.07, 6.45) is 3.74. The summed E-state index contributed by atoms with van der Waals surface area (Å²) < 4.78 is 5.51. The van der Waals surface area contributed by atoms with Crippen molar-refractivity contribution in [3.05, 3.63) is 44.7 Å². The standard InChI is InChI=1S/C11H8Cl2N4O3/c1-20-11(19)7-9(14)16-4-17(10(7)18)8-5(12)2-15-3-6(8)13/h2-4H,14H2,1H3. The quantitative estimate of drug-likeness (QED) is 0.839. The predicted molar refractivity (Wildman–Crippen MR) is 73.4 cm³/mol. The Bertz CT molecular complexity index is 725. The van der Waals surface area contributed by atoms with E-state index in [4.69, 9.17) is 28.9 Å². The highest BCUT2D eigenvalue weighted by atomic mass is 35.5. The van der Waals surface area contributed by atoms with E-state index in [2.05, 4.69) is 14.7 Å². The van der Waals surface area contributed by atoms with Gasteiger partial charge in [0.2, 0.25) is 0 Å². The fourth-order valence-corrected chi connectivity index (χ4v) is 2.10. The molecule has 0 spiro atoms. The van der Waals surface area contributed by atoms with Crippen LogP contribution in [0.5, 0.6) is 0 Å². The van der Waals surface area contributed by atoms with Gasteiger partial charge in [-0.3, -0.25) is 14.3 Å².